The number of nitrogens with one attached hydrogen (secondary N) is 1. The second kappa shape index (κ2) is 9.74. The summed E-state index contributed by atoms with van der Waals surface area (Å²) >= 11 is 0. The van der Waals surface area contributed by atoms with Crippen LogP contribution in [-0.2, 0) is 34.2 Å². The first kappa shape index (κ1) is 23.6. The zero-order valence-corrected chi connectivity index (χ0v) is 19.1. The van der Waals surface area contributed by atoms with Crippen molar-refractivity contribution in [2.45, 2.75) is 51.7 Å². The molecule has 1 unspecified atom stereocenters. The van der Waals surface area contributed by atoms with Gasteiger partial charge in [0.1, 0.15) is 18.4 Å². The number of carbonyl (C=O) groups is 1. The van der Waals surface area contributed by atoms with Crippen molar-refractivity contribution in [3.05, 3.63) is 68.0 Å². The smallest absolute Gasteiger partial charge is 0.462 e. The number of aromatic nitrogens is 2. The average Bonchev–Trinajstić information content (AvgIpc) is 3.21. The molecule has 3 heterocycles. The Morgan fingerprint density at radius 3 is 2.85 bits per heavy atom. The van der Waals surface area contributed by atoms with Crippen molar-refractivity contribution in [2.24, 2.45) is 0 Å². The van der Waals surface area contributed by atoms with E-state index < -0.39 is 43.5 Å². The molecular weight excluding hydrogens is 455 g/mol. The van der Waals surface area contributed by atoms with Crippen LogP contribution in [-0.4, -0.2) is 40.9 Å². The van der Waals surface area contributed by atoms with Crippen LogP contribution in [0.25, 0.3) is 0 Å². The van der Waals surface area contributed by atoms with Crippen molar-refractivity contribution in [2.75, 3.05) is 13.2 Å². The van der Waals surface area contributed by atoms with E-state index in [9.17, 15) is 18.9 Å². The Kier molecular flexibility index (Phi) is 6.96. The first-order valence-electron chi connectivity index (χ1n) is 10.6. The largest absolute Gasteiger partial charge is 0.475 e. The third kappa shape index (κ3) is 5.18. The molecule has 2 aliphatic heterocycles. The summed E-state index contributed by atoms with van der Waals surface area (Å²) in [6.45, 7) is 3.52. The molecule has 0 bridgehead atoms. The van der Waals surface area contributed by atoms with Gasteiger partial charge in [0, 0.05) is 18.2 Å². The van der Waals surface area contributed by atoms with E-state index in [0.717, 1.165) is 0 Å². The van der Waals surface area contributed by atoms with Gasteiger partial charge in [-0.3, -0.25) is 27.9 Å². The fraction of sp³-hybridized carbons (Fsp3) is 0.476. The van der Waals surface area contributed by atoms with E-state index in [-0.39, 0.29) is 19.6 Å². The minimum Gasteiger partial charge on any atom is -0.462 e. The molecule has 0 amide bonds. The van der Waals surface area contributed by atoms with E-state index in [0.29, 0.717) is 29.7 Å². The summed E-state index contributed by atoms with van der Waals surface area (Å²) in [5.41, 5.74) is 0.0722. The maximum absolute atomic E-state index is 13.1. The van der Waals surface area contributed by atoms with Crippen molar-refractivity contribution >= 4 is 13.8 Å². The Labute approximate surface area is 189 Å². The molecule has 4 rings (SSSR count). The third-order valence-electron chi connectivity index (χ3n) is 5.35. The van der Waals surface area contributed by atoms with Gasteiger partial charge in [-0.05, 0) is 25.0 Å². The molecule has 0 spiro atoms. The van der Waals surface area contributed by atoms with Gasteiger partial charge in [-0.15, -0.1) is 0 Å². The number of rotatable bonds is 7. The predicted molar refractivity (Wildman–Crippen MR) is 115 cm³/mol. The third-order valence-corrected chi connectivity index (χ3v) is 6.79. The van der Waals surface area contributed by atoms with Crippen LogP contribution < -0.4 is 11.2 Å². The zero-order chi connectivity index (χ0) is 23.6. The monoisotopic (exact) mass is 480 g/mol. The molecule has 0 radical (unpaired) electrons. The maximum Gasteiger partial charge on any atom is 0.475 e. The van der Waals surface area contributed by atoms with Crippen LogP contribution in [0, 0.1) is 6.92 Å². The van der Waals surface area contributed by atoms with Crippen molar-refractivity contribution in [3.63, 3.8) is 0 Å². The second-order valence-electron chi connectivity index (χ2n) is 7.80. The van der Waals surface area contributed by atoms with Gasteiger partial charge in [-0.1, -0.05) is 25.1 Å². The lowest BCUT2D eigenvalue weighted by Crippen LogP contribution is -2.34. The molecular formula is C21H25N2O9P. The molecule has 1 aromatic heterocycles. The minimum absolute atomic E-state index is 0.0598. The molecule has 1 aromatic carbocycles. The Bertz CT molecular complexity index is 1190. The van der Waals surface area contributed by atoms with Gasteiger partial charge >= 0.3 is 19.5 Å². The van der Waals surface area contributed by atoms with Gasteiger partial charge in [0.15, 0.2) is 0 Å². The highest BCUT2D eigenvalue weighted by Gasteiger charge is 2.48. The number of hydrogen-bond donors (Lipinski definition) is 1. The number of H-pyrrole nitrogens is 1. The molecule has 33 heavy (non-hydrogen) atoms. The van der Waals surface area contributed by atoms with Crippen molar-refractivity contribution in [3.8, 4) is 0 Å². The second-order valence-corrected chi connectivity index (χ2v) is 9.42. The zero-order valence-electron chi connectivity index (χ0n) is 18.2. The highest BCUT2D eigenvalue weighted by Crippen LogP contribution is 2.57. The summed E-state index contributed by atoms with van der Waals surface area (Å²) in [6, 6.07) is 6.69. The van der Waals surface area contributed by atoms with Crippen LogP contribution in [0.1, 0.15) is 47.5 Å². The first-order chi connectivity index (χ1) is 15.8. The Morgan fingerprint density at radius 2 is 2.06 bits per heavy atom. The van der Waals surface area contributed by atoms with Crippen LogP contribution in [0.5, 0.6) is 0 Å². The molecule has 4 atom stereocenters. The van der Waals surface area contributed by atoms with Gasteiger partial charge in [0.05, 0.1) is 25.4 Å². The van der Waals surface area contributed by atoms with E-state index in [1.165, 1.54) is 10.8 Å². The number of hydrogen-bond acceptors (Lipinski definition) is 9. The highest BCUT2D eigenvalue weighted by molar-refractivity contribution is 7.48. The van der Waals surface area contributed by atoms with Crippen molar-refractivity contribution < 1.29 is 32.4 Å². The number of benzene rings is 1. The number of carbonyl (C=O) groups excluding carboxylic acids is 1. The molecule has 12 heteroatoms. The Morgan fingerprint density at radius 1 is 1.27 bits per heavy atom. The summed E-state index contributed by atoms with van der Waals surface area (Å²) in [5, 5.41) is 0. The summed E-state index contributed by atoms with van der Waals surface area (Å²) < 4.78 is 41.8. The number of esters is 1. The van der Waals surface area contributed by atoms with Gasteiger partial charge < -0.3 is 9.47 Å². The van der Waals surface area contributed by atoms with Crippen LogP contribution in [0.15, 0.2) is 40.1 Å². The molecule has 0 saturated carbocycles. The van der Waals surface area contributed by atoms with Gasteiger partial charge in [-0.2, -0.15) is 0 Å². The summed E-state index contributed by atoms with van der Waals surface area (Å²) in [7, 11) is -3.94. The van der Waals surface area contributed by atoms with Crippen LogP contribution in [0.3, 0.4) is 0 Å². The number of phosphoric acid groups is 1. The Balaban J connectivity index is 1.42. The number of ether oxygens (including phenoxy) is 2. The Hall–Kier alpha value is -2.56. The minimum atomic E-state index is -3.94. The molecule has 178 valence electrons. The fourth-order valence-electron chi connectivity index (χ4n) is 3.63. The average molecular weight is 480 g/mol. The topological polar surface area (TPSA) is 135 Å². The lowest BCUT2D eigenvalue weighted by atomic mass is 10.1. The summed E-state index contributed by atoms with van der Waals surface area (Å²) in [6.07, 6.45) is 0.404. The van der Waals surface area contributed by atoms with Gasteiger partial charge in [0.2, 0.25) is 0 Å². The van der Waals surface area contributed by atoms with E-state index in [2.05, 4.69) is 4.98 Å². The molecule has 0 aliphatic carbocycles. The van der Waals surface area contributed by atoms with Crippen molar-refractivity contribution in [1.29, 1.82) is 0 Å². The van der Waals surface area contributed by atoms with Gasteiger partial charge in [0.25, 0.3) is 5.56 Å². The van der Waals surface area contributed by atoms with E-state index in [1.807, 2.05) is 6.92 Å². The molecule has 1 N–H and O–H groups in total. The number of aromatic amines is 1. The lowest BCUT2D eigenvalue weighted by Gasteiger charge is -2.29. The normalized spacial score (nSPS) is 26.7. The number of nitrogens with zero attached hydrogens (tertiary/aromatic N) is 1. The number of fused-ring (bicyclic) bond motifs is 1. The highest BCUT2D eigenvalue weighted by atomic mass is 31.2. The standard InChI is InChI=1S/C21H25N2O9P/c1-3-8-28-20(25)15-7-5-4-6-14(15)11-29-33(27)30-12-17-16(32-33)9-18(31-17)23-10-13(2)19(24)22-21(23)26/h4-7,10,16-18H,3,8-9,11-12H2,1-2H3,(H,22,24,26)/t16-,17+,18+,33?/m0/s1. The van der Waals surface area contributed by atoms with E-state index in [4.69, 9.17) is 23.0 Å². The number of phosphoric ester groups is 1. The van der Waals surface area contributed by atoms with E-state index >= 15 is 0 Å². The lowest BCUT2D eigenvalue weighted by molar-refractivity contribution is -0.0730. The molecule has 11 nitrogen and oxygen atoms in total. The summed E-state index contributed by atoms with van der Waals surface area (Å²) in [4.78, 5) is 38.3. The first-order valence-corrected chi connectivity index (χ1v) is 12.1. The fourth-order valence-corrected chi connectivity index (χ4v) is 5.00. The van der Waals surface area contributed by atoms with Gasteiger partial charge in [-0.25, -0.2) is 14.2 Å². The molecule has 2 saturated heterocycles. The van der Waals surface area contributed by atoms with E-state index in [1.54, 1.807) is 31.2 Å². The predicted octanol–water partition coefficient (Wildman–Crippen LogP) is 2.44. The molecule has 2 fully saturated rings. The van der Waals surface area contributed by atoms with Crippen LogP contribution >= 0.6 is 7.82 Å². The quantitative estimate of drug-likeness (QED) is 0.468. The van der Waals surface area contributed by atoms with Crippen LogP contribution in [0.4, 0.5) is 0 Å². The van der Waals surface area contributed by atoms with Crippen LogP contribution in [0.2, 0.25) is 0 Å². The molecule has 2 aliphatic rings. The maximum atomic E-state index is 13.1. The summed E-state index contributed by atoms with van der Waals surface area (Å²) in [5.74, 6) is -0.492. The van der Waals surface area contributed by atoms with Crippen molar-refractivity contribution in [1.82, 2.24) is 9.55 Å². The SMILES string of the molecule is CCCOC(=O)c1ccccc1COP1(=O)OC[C@H]2O[C@@H](n3cc(C)c(=O)[nH]c3=O)C[C@@H]2O1. The number of aryl methyl sites for hydroxylation is 1. The molecule has 2 aromatic rings.